The molecule has 8 nitrogen and oxygen atoms in total. The molecule has 1 aromatic rings. The Labute approximate surface area is 185 Å². The SMILES string of the molecule is O=C(O)N1CC[C@H](C(=O)N2CCC(NS(=O)(=O)c3ccc(Br)cc3C(F)(F)F)CC2)C1. The Morgan fingerprint density at radius 2 is 1.71 bits per heavy atom. The number of rotatable bonds is 4. The maximum absolute atomic E-state index is 13.3. The summed E-state index contributed by atoms with van der Waals surface area (Å²) in [5, 5.41) is 9.01. The lowest BCUT2D eigenvalue weighted by molar-refractivity contribution is -0.140. The Hall–Kier alpha value is -1.86. The van der Waals surface area contributed by atoms with Crippen LogP contribution in [0.5, 0.6) is 0 Å². The van der Waals surface area contributed by atoms with Crippen LogP contribution >= 0.6 is 15.9 Å². The lowest BCUT2D eigenvalue weighted by Gasteiger charge is -2.33. The molecule has 0 radical (unpaired) electrons. The van der Waals surface area contributed by atoms with Gasteiger partial charge in [0.1, 0.15) is 0 Å². The van der Waals surface area contributed by atoms with Crippen LogP contribution in [0.25, 0.3) is 0 Å². The fraction of sp³-hybridized carbons (Fsp3) is 0.556. The van der Waals surface area contributed by atoms with Crippen LogP contribution in [-0.2, 0) is 21.0 Å². The lowest BCUT2D eigenvalue weighted by Crippen LogP contribution is -2.48. The third-order valence-corrected chi connectivity index (χ3v) is 7.54. The first-order valence-corrected chi connectivity index (χ1v) is 11.8. The Kier molecular flexibility index (Phi) is 6.87. The summed E-state index contributed by atoms with van der Waals surface area (Å²) in [4.78, 5) is 25.5. The van der Waals surface area contributed by atoms with Crippen molar-refractivity contribution in [2.75, 3.05) is 26.2 Å². The summed E-state index contributed by atoms with van der Waals surface area (Å²) in [6.45, 7) is 0.894. The van der Waals surface area contributed by atoms with E-state index in [2.05, 4.69) is 20.7 Å². The lowest BCUT2D eigenvalue weighted by atomic mass is 10.0. The van der Waals surface area contributed by atoms with Gasteiger partial charge in [0.25, 0.3) is 0 Å². The fourth-order valence-corrected chi connectivity index (χ4v) is 5.73. The number of nitrogens with one attached hydrogen (secondary N) is 1. The van der Waals surface area contributed by atoms with Crippen LogP contribution in [0, 0.1) is 5.92 Å². The van der Waals surface area contributed by atoms with Crippen molar-refractivity contribution in [2.24, 2.45) is 5.92 Å². The van der Waals surface area contributed by atoms with E-state index >= 15 is 0 Å². The third-order valence-electron chi connectivity index (χ3n) is 5.47. The van der Waals surface area contributed by atoms with Crippen LogP contribution < -0.4 is 4.72 Å². The van der Waals surface area contributed by atoms with E-state index in [4.69, 9.17) is 5.11 Å². The van der Waals surface area contributed by atoms with Gasteiger partial charge < -0.3 is 14.9 Å². The molecule has 0 aromatic heterocycles. The largest absolute Gasteiger partial charge is 0.465 e. The van der Waals surface area contributed by atoms with Gasteiger partial charge in [0.05, 0.1) is 16.4 Å². The molecule has 2 aliphatic heterocycles. The zero-order valence-corrected chi connectivity index (χ0v) is 18.6. The van der Waals surface area contributed by atoms with Crippen molar-refractivity contribution >= 4 is 38.0 Å². The molecular formula is C18H21BrF3N3O5S. The highest BCUT2D eigenvalue weighted by molar-refractivity contribution is 9.10. The van der Waals surface area contributed by atoms with Gasteiger partial charge in [-0.1, -0.05) is 15.9 Å². The van der Waals surface area contributed by atoms with Gasteiger partial charge in [-0.25, -0.2) is 17.9 Å². The van der Waals surface area contributed by atoms with Gasteiger partial charge in [0.15, 0.2) is 0 Å². The van der Waals surface area contributed by atoms with Crippen molar-refractivity contribution in [3.05, 3.63) is 28.2 Å². The minimum absolute atomic E-state index is 0.110. The standard InChI is InChI=1S/C18H21BrF3N3O5S/c19-12-1-2-15(14(9-12)18(20,21)22)31(29,30)23-13-4-7-24(8-5-13)16(26)11-3-6-25(10-11)17(27)28/h1-2,9,11,13,23H,3-8,10H2,(H,27,28)/t11-/m0/s1. The average Bonchev–Trinajstić information content (AvgIpc) is 3.17. The molecule has 0 saturated carbocycles. The summed E-state index contributed by atoms with van der Waals surface area (Å²) >= 11 is 2.93. The minimum Gasteiger partial charge on any atom is -0.465 e. The number of carbonyl (C=O) groups excluding carboxylic acids is 1. The summed E-state index contributed by atoms with van der Waals surface area (Å²) in [6.07, 6.45) is -4.98. The molecule has 0 bridgehead atoms. The number of piperidine rings is 1. The van der Waals surface area contributed by atoms with E-state index < -0.39 is 44.7 Å². The summed E-state index contributed by atoms with van der Waals surface area (Å²) < 4.78 is 67.6. The smallest absolute Gasteiger partial charge is 0.417 e. The molecule has 2 saturated heterocycles. The second-order valence-electron chi connectivity index (χ2n) is 7.57. The monoisotopic (exact) mass is 527 g/mol. The molecule has 2 heterocycles. The zero-order chi connectivity index (χ0) is 23.0. The number of sulfonamides is 1. The Balaban J connectivity index is 1.62. The van der Waals surface area contributed by atoms with E-state index in [1.54, 1.807) is 4.90 Å². The predicted octanol–water partition coefficient (Wildman–Crippen LogP) is 2.74. The van der Waals surface area contributed by atoms with E-state index in [9.17, 15) is 31.2 Å². The van der Waals surface area contributed by atoms with Gasteiger partial charge in [0, 0.05) is 36.7 Å². The second-order valence-corrected chi connectivity index (χ2v) is 10.2. The van der Waals surface area contributed by atoms with Crippen molar-refractivity contribution in [3.8, 4) is 0 Å². The Morgan fingerprint density at radius 3 is 2.26 bits per heavy atom. The first-order chi connectivity index (χ1) is 14.4. The molecule has 2 aliphatic rings. The van der Waals surface area contributed by atoms with Crippen molar-refractivity contribution in [2.45, 2.75) is 36.4 Å². The van der Waals surface area contributed by atoms with Gasteiger partial charge in [0.2, 0.25) is 15.9 Å². The van der Waals surface area contributed by atoms with Gasteiger partial charge >= 0.3 is 12.3 Å². The molecule has 1 aromatic carbocycles. The van der Waals surface area contributed by atoms with Gasteiger partial charge in [-0.15, -0.1) is 0 Å². The van der Waals surface area contributed by atoms with Crippen molar-refractivity contribution in [1.82, 2.24) is 14.5 Å². The van der Waals surface area contributed by atoms with Crippen molar-refractivity contribution < 1.29 is 36.3 Å². The molecular weight excluding hydrogens is 507 g/mol. The maximum atomic E-state index is 13.3. The van der Waals surface area contributed by atoms with Crippen LogP contribution in [0.15, 0.2) is 27.6 Å². The molecule has 0 unspecified atom stereocenters. The summed E-state index contributed by atoms with van der Waals surface area (Å²) in [6, 6.07) is 2.24. The average molecular weight is 528 g/mol. The molecule has 13 heteroatoms. The summed E-state index contributed by atoms with van der Waals surface area (Å²) in [7, 11) is -4.43. The molecule has 2 amide bonds. The molecule has 0 aliphatic carbocycles. The zero-order valence-electron chi connectivity index (χ0n) is 16.2. The predicted molar refractivity (Wildman–Crippen MR) is 107 cm³/mol. The number of likely N-dealkylation sites (tertiary alicyclic amines) is 2. The molecule has 2 N–H and O–H groups in total. The molecule has 3 rings (SSSR count). The van der Waals surface area contributed by atoms with Gasteiger partial charge in [-0.05, 0) is 37.5 Å². The summed E-state index contributed by atoms with van der Waals surface area (Å²) in [5.74, 6) is -0.612. The molecule has 0 spiro atoms. The molecule has 1 atom stereocenters. The number of nitrogens with zero attached hydrogens (tertiary/aromatic N) is 2. The Bertz CT molecular complexity index is 965. The number of carboxylic acid groups (broad SMARTS) is 1. The quantitative estimate of drug-likeness (QED) is 0.626. The number of benzene rings is 1. The van der Waals surface area contributed by atoms with E-state index in [-0.39, 0.29) is 49.4 Å². The van der Waals surface area contributed by atoms with Crippen LogP contribution in [0.2, 0.25) is 0 Å². The number of amides is 2. The van der Waals surface area contributed by atoms with Crippen LogP contribution in [0.1, 0.15) is 24.8 Å². The first kappa shape index (κ1) is 23.8. The maximum Gasteiger partial charge on any atom is 0.417 e. The number of alkyl halides is 3. The van der Waals surface area contributed by atoms with Crippen LogP contribution in [0.4, 0.5) is 18.0 Å². The second kappa shape index (κ2) is 8.94. The van der Waals surface area contributed by atoms with Gasteiger partial charge in [-0.2, -0.15) is 13.2 Å². The number of carbonyl (C=O) groups is 2. The van der Waals surface area contributed by atoms with Crippen LogP contribution in [0.3, 0.4) is 0 Å². The molecule has 2 fully saturated rings. The Morgan fingerprint density at radius 1 is 1.10 bits per heavy atom. The summed E-state index contributed by atoms with van der Waals surface area (Å²) in [5.41, 5.74) is -1.26. The first-order valence-electron chi connectivity index (χ1n) is 9.54. The van der Waals surface area contributed by atoms with E-state index in [1.165, 1.54) is 11.0 Å². The van der Waals surface area contributed by atoms with Crippen LogP contribution in [-0.4, -0.2) is 67.5 Å². The fourth-order valence-electron chi connectivity index (χ4n) is 3.85. The minimum atomic E-state index is -4.84. The van der Waals surface area contributed by atoms with E-state index in [1.807, 2.05) is 0 Å². The van der Waals surface area contributed by atoms with Gasteiger partial charge in [-0.3, -0.25) is 4.79 Å². The number of hydrogen-bond donors (Lipinski definition) is 2. The van der Waals surface area contributed by atoms with Crippen molar-refractivity contribution in [3.63, 3.8) is 0 Å². The highest BCUT2D eigenvalue weighted by Gasteiger charge is 2.39. The normalized spacial score (nSPS) is 20.8. The number of hydrogen-bond acceptors (Lipinski definition) is 4. The molecule has 31 heavy (non-hydrogen) atoms. The van der Waals surface area contributed by atoms with Crippen molar-refractivity contribution in [1.29, 1.82) is 0 Å². The van der Waals surface area contributed by atoms with E-state index in [0.29, 0.717) is 6.42 Å². The highest BCUT2D eigenvalue weighted by atomic mass is 79.9. The topological polar surface area (TPSA) is 107 Å². The van der Waals surface area contributed by atoms with E-state index in [0.717, 1.165) is 12.1 Å². The molecule has 172 valence electrons. The third kappa shape index (κ3) is 5.50. The number of halogens is 4. The highest BCUT2D eigenvalue weighted by Crippen LogP contribution is 2.36.